The van der Waals surface area contributed by atoms with Crippen molar-refractivity contribution >= 4 is 5.82 Å². The molecule has 3 aromatic rings. The highest BCUT2D eigenvalue weighted by Gasteiger charge is 2.26. The lowest BCUT2D eigenvalue weighted by molar-refractivity contribution is 0.331. The highest BCUT2D eigenvalue weighted by atomic mass is 16.5. The van der Waals surface area contributed by atoms with Crippen LogP contribution in [0.2, 0.25) is 0 Å². The number of nitrogens with zero attached hydrogens (tertiary/aromatic N) is 7. The molecule has 1 fully saturated rings. The molecular weight excluding hydrogens is 318 g/mol. The van der Waals surface area contributed by atoms with Crippen molar-refractivity contribution < 1.29 is 4.52 Å². The average molecular weight is 339 g/mol. The predicted octanol–water partition coefficient (Wildman–Crippen LogP) is 2.35. The lowest BCUT2D eigenvalue weighted by Gasteiger charge is -2.31. The van der Waals surface area contributed by atoms with Gasteiger partial charge in [0.05, 0.1) is 24.0 Å². The van der Waals surface area contributed by atoms with Gasteiger partial charge in [-0.3, -0.25) is 4.98 Å². The molecule has 130 valence electrons. The lowest BCUT2D eigenvalue weighted by atomic mass is 9.98. The quantitative estimate of drug-likeness (QED) is 0.724. The molecule has 4 heterocycles. The van der Waals surface area contributed by atoms with Gasteiger partial charge in [-0.25, -0.2) is 9.67 Å². The monoisotopic (exact) mass is 339 g/mol. The number of anilines is 1. The Labute approximate surface area is 145 Å². The van der Waals surface area contributed by atoms with Crippen LogP contribution in [0.15, 0.2) is 23.0 Å². The molecule has 4 rings (SSSR count). The number of aryl methyl sites for hydroxylation is 3. The van der Waals surface area contributed by atoms with Gasteiger partial charge >= 0.3 is 0 Å². The van der Waals surface area contributed by atoms with Crippen molar-refractivity contribution in [1.29, 1.82) is 0 Å². The highest BCUT2D eigenvalue weighted by molar-refractivity contribution is 5.41. The number of rotatable bonds is 3. The summed E-state index contributed by atoms with van der Waals surface area (Å²) in [5, 5.41) is 8.41. The van der Waals surface area contributed by atoms with Crippen LogP contribution in [0.1, 0.15) is 41.9 Å². The average Bonchev–Trinajstić information content (AvgIpc) is 3.20. The Hall–Kier alpha value is -2.77. The summed E-state index contributed by atoms with van der Waals surface area (Å²) in [6.45, 7) is 7.58. The predicted molar refractivity (Wildman–Crippen MR) is 91.9 cm³/mol. The standard InChI is InChI=1S/C17H21N7O/c1-11-7-12(2)24(21-11)16-9-18-8-15(20-16)23-6-4-5-14(10-23)17-19-13(3)22-25-17/h7-9,14H,4-6,10H2,1-3H3/t14-/m1/s1. The molecule has 1 atom stereocenters. The van der Waals surface area contributed by atoms with Gasteiger partial charge < -0.3 is 9.42 Å². The van der Waals surface area contributed by atoms with Crippen LogP contribution in [0.5, 0.6) is 0 Å². The third-order valence-corrected chi connectivity index (χ3v) is 4.47. The van der Waals surface area contributed by atoms with Gasteiger partial charge in [0.1, 0.15) is 5.82 Å². The number of aromatic nitrogens is 6. The Morgan fingerprint density at radius 1 is 1.12 bits per heavy atom. The summed E-state index contributed by atoms with van der Waals surface area (Å²) < 4.78 is 7.19. The summed E-state index contributed by atoms with van der Waals surface area (Å²) in [6, 6.07) is 2.03. The summed E-state index contributed by atoms with van der Waals surface area (Å²) in [6.07, 6.45) is 5.64. The fourth-order valence-electron chi connectivity index (χ4n) is 3.33. The van der Waals surface area contributed by atoms with Crippen LogP contribution in [-0.2, 0) is 0 Å². The first-order chi connectivity index (χ1) is 12.1. The second-order valence-electron chi connectivity index (χ2n) is 6.54. The van der Waals surface area contributed by atoms with Gasteiger partial charge in [-0.15, -0.1) is 0 Å². The van der Waals surface area contributed by atoms with Crippen molar-refractivity contribution in [1.82, 2.24) is 29.9 Å². The Morgan fingerprint density at radius 3 is 2.68 bits per heavy atom. The normalized spacial score (nSPS) is 17.9. The van der Waals surface area contributed by atoms with Crippen LogP contribution in [-0.4, -0.2) is 43.0 Å². The van der Waals surface area contributed by atoms with E-state index in [1.54, 1.807) is 12.4 Å². The Bertz CT molecular complexity index is 885. The molecule has 0 amide bonds. The van der Waals surface area contributed by atoms with E-state index >= 15 is 0 Å². The maximum absolute atomic E-state index is 5.36. The second-order valence-corrected chi connectivity index (χ2v) is 6.54. The molecule has 0 N–H and O–H groups in total. The number of piperidine rings is 1. The topological polar surface area (TPSA) is 85.8 Å². The molecule has 1 aliphatic heterocycles. The molecule has 25 heavy (non-hydrogen) atoms. The number of hydrogen-bond acceptors (Lipinski definition) is 7. The maximum Gasteiger partial charge on any atom is 0.231 e. The SMILES string of the molecule is Cc1cc(C)n(-c2cncc(N3CCC[C@@H](c4nc(C)no4)C3)n2)n1. The van der Waals surface area contributed by atoms with Crippen molar-refractivity contribution in [2.24, 2.45) is 0 Å². The summed E-state index contributed by atoms with van der Waals surface area (Å²) in [7, 11) is 0. The fraction of sp³-hybridized carbons (Fsp3) is 0.471. The minimum atomic E-state index is 0.231. The molecule has 0 bridgehead atoms. The highest BCUT2D eigenvalue weighted by Crippen LogP contribution is 2.28. The first-order valence-corrected chi connectivity index (χ1v) is 8.51. The second kappa shape index (κ2) is 6.27. The summed E-state index contributed by atoms with van der Waals surface area (Å²) in [5.41, 5.74) is 2.01. The van der Waals surface area contributed by atoms with Crippen LogP contribution in [0.3, 0.4) is 0 Å². The first kappa shape index (κ1) is 15.7. The molecule has 8 nitrogen and oxygen atoms in total. The van der Waals surface area contributed by atoms with Gasteiger partial charge in [-0.2, -0.15) is 10.1 Å². The van der Waals surface area contributed by atoms with E-state index in [1.807, 2.05) is 31.5 Å². The van der Waals surface area contributed by atoms with Crippen molar-refractivity contribution in [3.05, 3.63) is 41.6 Å². The zero-order valence-corrected chi connectivity index (χ0v) is 14.7. The van der Waals surface area contributed by atoms with Gasteiger partial charge in [0.15, 0.2) is 11.6 Å². The Kier molecular flexibility index (Phi) is 3.95. The largest absolute Gasteiger partial charge is 0.354 e. The van der Waals surface area contributed by atoms with Gasteiger partial charge in [-0.1, -0.05) is 5.16 Å². The molecular formula is C17H21N7O. The molecule has 0 aromatic carbocycles. The zero-order chi connectivity index (χ0) is 17.4. The molecule has 1 saturated heterocycles. The lowest BCUT2D eigenvalue weighted by Crippen LogP contribution is -2.35. The minimum Gasteiger partial charge on any atom is -0.354 e. The van der Waals surface area contributed by atoms with Gasteiger partial charge in [0.2, 0.25) is 5.89 Å². The molecule has 8 heteroatoms. The van der Waals surface area contributed by atoms with Crippen LogP contribution in [0, 0.1) is 20.8 Å². The van der Waals surface area contributed by atoms with Crippen molar-refractivity contribution in [3.8, 4) is 5.82 Å². The van der Waals surface area contributed by atoms with Crippen LogP contribution in [0.4, 0.5) is 5.82 Å². The van der Waals surface area contributed by atoms with Gasteiger partial charge in [0, 0.05) is 18.8 Å². The molecule has 0 saturated carbocycles. The van der Waals surface area contributed by atoms with E-state index in [9.17, 15) is 0 Å². The molecule has 0 radical (unpaired) electrons. The van der Waals surface area contributed by atoms with E-state index in [2.05, 4.69) is 25.1 Å². The summed E-state index contributed by atoms with van der Waals surface area (Å²) in [5.74, 6) is 3.21. The van der Waals surface area contributed by atoms with Crippen molar-refractivity contribution in [2.75, 3.05) is 18.0 Å². The number of hydrogen-bond donors (Lipinski definition) is 0. The van der Waals surface area contributed by atoms with E-state index in [4.69, 9.17) is 9.51 Å². The van der Waals surface area contributed by atoms with E-state index < -0.39 is 0 Å². The zero-order valence-electron chi connectivity index (χ0n) is 14.7. The van der Waals surface area contributed by atoms with Crippen LogP contribution < -0.4 is 4.90 Å². The van der Waals surface area contributed by atoms with E-state index in [0.29, 0.717) is 11.7 Å². The van der Waals surface area contributed by atoms with E-state index in [1.165, 1.54) is 0 Å². The van der Waals surface area contributed by atoms with Gasteiger partial charge in [0.25, 0.3) is 0 Å². The first-order valence-electron chi connectivity index (χ1n) is 8.51. The molecule has 0 aliphatic carbocycles. The Morgan fingerprint density at radius 2 is 1.96 bits per heavy atom. The van der Waals surface area contributed by atoms with Crippen LogP contribution >= 0.6 is 0 Å². The molecule has 1 aliphatic rings. The fourth-order valence-corrected chi connectivity index (χ4v) is 3.33. The third-order valence-electron chi connectivity index (χ3n) is 4.47. The minimum absolute atomic E-state index is 0.231. The Balaban J connectivity index is 1.59. The maximum atomic E-state index is 5.36. The van der Waals surface area contributed by atoms with Crippen molar-refractivity contribution in [3.63, 3.8) is 0 Å². The molecule has 0 spiro atoms. The summed E-state index contributed by atoms with van der Waals surface area (Å²) >= 11 is 0. The van der Waals surface area contributed by atoms with E-state index in [-0.39, 0.29) is 5.92 Å². The van der Waals surface area contributed by atoms with Crippen molar-refractivity contribution in [2.45, 2.75) is 39.5 Å². The smallest absolute Gasteiger partial charge is 0.231 e. The molecule has 3 aromatic heterocycles. The third kappa shape index (κ3) is 3.11. The molecule has 0 unspecified atom stereocenters. The van der Waals surface area contributed by atoms with E-state index in [0.717, 1.165) is 49.0 Å². The van der Waals surface area contributed by atoms with Gasteiger partial charge in [-0.05, 0) is 39.7 Å². The van der Waals surface area contributed by atoms with Crippen LogP contribution in [0.25, 0.3) is 5.82 Å². The summed E-state index contributed by atoms with van der Waals surface area (Å²) in [4.78, 5) is 15.8.